The molecule has 2 amide bonds. The summed E-state index contributed by atoms with van der Waals surface area (Å²) >= 11 is 4.00. The Hall–Kier alpha value is -0.710. The van der Waals surface area contributed by atoms with Gasteiger partial charge in [-0.3, -0.25) is 9.59 Å². The molecule has 1 aliphatic carbocycles. The Bertz CT molecular complexity index is 743. The summed E-state index contributed by atoms with van der Waals surface area (Å²) in [5.41, 5.74) is 3.25. The molecular weight excluding hydrogens is 536 g/mol. The number of benzene rings is 1. The third kappa shape index (κ3) is 2.87. The molecule has 1 saturated carbocycles. The summed E-state index contributed by atoms with van der Waals surface area (Å²) in [5, 5.41) is 0. The van der Waals surface area contributed by atoms with Crippen molar-refractivity contribution in [3.8, 4) is 0 Å². The van der Waals surface area contributed by atoms with Crippen molar-refractivity contribution in [2.24, 2.45) is 0 Å². The van der Waals surface area contributed by atoms with E-state index in [1.54, 1.807) is 22.9 Å². The Morgan fingerprint density at radius 1 is 1.29 bits per heavy atom. The van der Waals surface area contributed by atoms with E-state index in [0.29, 0.717) is 11.5 Å². The second-order valence-corrected chi connectivity index (χ2v) is 8.37. The van der Waals surface area contributed by atoms with Crippen molar-refractivity contribution in [1.29, 1.82) is 0 Å². The first-order chi connectivity index (χ1) is 11.4. The molecule has 3 rings (SSSR count). The van der Waals surface area contributed by atoms with Crippen LogP contribution in [0.5, 0.6) is 0 Å². The van der Waals surface area contributed by atoms with Gasteiger partial charge < -0.3 is 4.74 Å². The van der Waals surface area contributed by atoms with Gasteiger partial charge >= 0.3 is 5.97 Å². The van der Waals surface area contributed by atoms with Crippen LogP contribution in [0.15, 0.2) is 6.07 Å². The number of hydrogen-bond acceptors (Lipinski definition) is 4. The van der Waals surface area contributed by atoms with Crippen molar-refractivity contribution in [2.75, 3.05) is 7.11 Å². The summed E-state index contributed by atoms with van der Waals surface area (Å²) in [4.78, 5) is 36.7. The smallest absolute Gasteiger partial charge is 0.338 e. The first kappa shape index (κ1) is 18.1. The predicted molar refractivity (Wildman–Crippen MR) is 105 cm³/mol. The zero-order chi connectivity index (χ0) is 17.6. The van der Waals surface area contributed by atoms with Crippen LogP contribution in [0.4, 0.5) is 0 Å². The minimum Gasteiger partial charge on any atom is -0.465 e. The van der Waals surface area contributed by atoms with Crippen LogP contribution in [0.2, 0.25) is 0 Å². The number of nitrogens with zero attached hydrogens (tertiary/aromatic N) is 1. The van der Waals surface area contributed by atoms with E-state index >= 15 is 0 Å². The molecule has 0 N–H and O–H groups in total. The summed E-state index contributed by atoms with van der Waals surface area (Å²) in [6.45, 7) is 1.85. The van der Waals surface area contributed by atoms with Gasteiger partial charge in [0.2, 0.25) is 11.8 Å². The van der Waals surface area contributed by atoms with Gasteiger partial charge in [-0.1, -0.05) is 6.42 Å². The summed E-state index contributed by atoms with van der Waals surface area (Å²) in [6, 6.07) is 1.85. The number of halogens is 2. The van der Waals surface area contributed by atoms with Crippen molar-refractivity contribution in [2.45, 2.75) is 44.4 Å². The summed E-state index contributed by atoms with van der Waals surface area (Å²) in [5.74, 6) is -0.869. The fourth-order valence-corrected chi connectivity index (χ4v) is 5.07. The van der Waals surface area contributed by atoms with E-state index in [1.165, 1.54) is 16.6 Å². The Morgan fingerprint density at radius 2 is 1.96 bits per heavy atom. The topological polar surface area (TPSA) is 63.7 Å². The van der Waals surface area contributed by atoms with E-state index in [9.17, 15) is 14.4 Å². The summed E-state index contributed by atoms with van der Waals surface area (Å²) in [7, 11) is 1.35. The van der Waals surface area contributed by atoms with Gasteiger partial charge in [-0.15, -0.1) is 0 Å². The molecular formula is C17H17I2NO4. The molecule has 1 aromatic carbocycles. The normalized spacial score (nSPS) is 21.2. The van der Waals surface area contributed by atoms with Crippen molar-refractivity contribution in [3.05, 3.63) is 31.9 Å². The third-order valence-corrected chi connectivity index (χ3v) is 6.89. The molecule has 1 unspecified atom stereocenters. The van der Waals surface area contributed by atoms with E-state index in [0.717, 1.165) is 33.1 Å². The Morgan fingerprint density at radius 3 is 2.42 bits per heavy atom. The average molecular weight is 553 g/mol. The van der Waals surface area contributed by atoms with Gasteiger partial charge in [-0.05, 0) is 71.0 Å². The second-order valence-electron chi connectivity index (χ2n) is 6.25. The fourth-order valence-electron chi connectivity index (χ4n) is 3.50. The van der Waals surface area contributed by atoms with E-state index in [4.69, 9.17) is 4.74 Å². The van der Waals surface area contributed by atoms with Crippen LogP contribution >= 0.6 is 45.5 Å². The highest BCUT2D eigenvalue weighted by Crippen LogP contribution is 2.46. The maximum atomic E-state index is 12.6. The highest BCUT2D eigenvalue weighted by molar-refractivity contribution is 14.1. The molecule has 0 bridgehead atoms. The van der Waals surface area contributed by atoms with Gasteiger partial charge in [0.05, 0.1) is 41.5 Å². The number of imide groups is 1. The molecule has 1 atom stereocenters. The molecule has 5 nitrogen and oxygen atoms in total. The second kappa shape index (κ2) is 6.89. The number of amides is 2. The van der Waals surface area contributed by atoms with Gasteiger partial charge in [-0.25, -0.2) is 7.91 Å². The van der Waals surface area contributed by atoms with Gasteiger partial charge in [0, 0.05) is 9.99 Å². The van der Waals surface area contributed by atoms with Crippen LogP contribution in [0.1, 0.15) is 64.6 Å². The lowest BCUT2D eigenvalue weighted by molar-refractivity contribution is -0.130. The van der Waals surface area contributed by atoms with E-state index < -0.39 is 11.9 Å². The number of esters is 1. The largest absolute Gasteiger partial charge is 0.465 e. The first-order valence-corrected chi connectivity index (χ1v) is 9.85. The Labute approximate surface area is 168 Å². The minimum atomic E-state index is -0.497. The molecule has 2 aliphatic rings. The van der Waals surface area contributed by atoms with E-state index in [-0.39, 0.29) is 18.2 Å². The van der Waals surface area contributed by atoms with Crippen LogP contribution in [0.25, 0.3) is 0 Å². The zero-order valence-corrected chi connectivity index (χ0v) is 17.7. The zero-order valence-electron chi connectivity index (χ0n) is 13.4. The van der Waals surface area contributed by atoms with Crippen LogP contribution in [0.3, 0.4) is 0 Å². The summed E-state index contributed by atoms with van der Waals surface area (Å²) in [6.07, 6.45) is 3.52. The van der Waals surface area contributed by atoms with Crippen molar-refractivity contribution < 1.29 is 19.1 Å². The average Bonchev–Trinajstić information content (AvgIpc) is 2.76. The highest BCUT2D eigenvalue weighted by atomic mass is 127. The molecule has 1 saturated heterocycles. The van der Waals surface area contributed by atoms with Gasteiger partial charge in [-0.2, -0.15) is 0 Å². The lowest BCUT2D eigenvalue weighted by atomic mass is 9.74. The molecule has 24 heavy (non-hydrogen) atoms. The Kier molecular flexibility index (Phi) is 5.19. The first-order valence-electron chi connectivity index (χ1n) is 7.80. The van der Waals surface area contributed by atoms with Crippen LogP contribution in [-0.4, -0.2) is 28.0 Å². The maximum Gasteiger partial charge on any atom is 0.338 e. The maximum absolute atomic E-state index is 12.6. The van der Waals surface area contributed by atoms with Crippen LogP contribution < -0.4 is 0 Å². The van der Waals surface area contributed by atoms with E-state index in [1.807, 2.05) is 13.0 Å². The number of carbonyl (C=O) groups is 3. The fraction of sp³-hybridized carbons (Fsp3) is 0.471. The SMILES string of the molecule is COC(=O)c1cc(I)c(C2CCC2)c(C2CC(=O)N(I)C2=O)c1C. The molecule has 1 aliphatic heterocycles. The predicted octanol–water partition coefficient (Wildman–Crippen LogP) is 3.85. The molecule has 1 heterocycles. The molecule has 1 aromatic rings. The number of hydrogen-bond donors (Lipinski definition) is 0. The molecule has 2 fully saturated rings. The van der Waals surface area contributed by atoms with Crippen molar-refractivity contribution >= 4 is 63.2 Å². The lowest BCUT2D eigenvalue weighted by Gasteiger charge is -2.32. The van der Waals surface area contributed by atoms with E-state index in [2.05, 4.69) is 22.6 Å². The molecule has 0 radical (unpaired) electrons. The van der Waals surface area contributed by atoms with Gasteiger partial charge in [0.25, 0.3) is 0 Å². The number of ether oxygens (including phenoxy) is 1. The van der Waals surface area contributed by atoms with Crippen LogP contribution in [-0.2, 0) is 14.3 Å². The lowest BCUT2D eigenvalue weighted by Crippen LogP contribution is -2.23. The molecule has 0 spiro atoms. The van der Waals surface area contributed by atoms with Crippen molar-refractivity contribution in [1.82, 2.24) is 3.11 Å². The van der Waals surface area contributed by atoms with Gasteiger partial charge in [0.15, 0.2) is 0 Å². The number of methoxy groups -OCH3 is 1. The highest BCUT2D eigenvalue weighted by Gasteiger charge is 2.42. The molecule has 128 valence electrons. The Balaban J connectivity index is 2.21. The van der Waals surface area contributed by atoms with Crippen LogP contribution in [0, 0.1) is 10.5 Å². The molecule has 7 heteroatoms. The quantitative estimate of drug-likeness (QED) is 0.247. The molecule has 0 aromatic heterocycles. The number of rotatable bonds is 3. The minimum absolute atomic E-state index is 0.170. The summed E-state index contributed by atoms with van der Waals surface area (Å²) < 4.78 is 7.04. The third-order valence-electron chi connectivity index (χ3n) is 4.98. The van der Waals surface area contributed by atoms with Gasteiger partial charge in [0.1, 0.15) is 0 Å². The number of carbonyl (C=O) groups excluding carboxylic acids is 3. The van der Waals surface area contributed by atoms with Crippen molar-refractivity contribution in [3.63, 3.8) is 0 Å². The standard InChI is InChI=1S/C17H17I2NO4/c1-8-10(17(23)24-2)6-12(18)15(9-4-3-5-9)14(8)11-7-13(21)20(19)16(11)22/h6,9,11H,3-5,7H2,1-2H3. The monoisotopic (exact) mass is 553 g/mol.